The highest BCUT2D eigenvalue weighted by atomic mass is 16.7. The van der Waals surface area contributed by atoms with Gasteiger partial charge in [-0.1, -0.05) is 71.0 Å². The molecule has 1 aromatic heterocycles. The second-order valence-electron chi connectivity index (χ2n) is 5.87. The fourth-order valence-electron chi connectivity index (χ4n) is 2.27. The Labute approximate surface area is 166 Å². The first kappa shape index (κ1) is 19.6. The van der Waals surface area contributed by atoms with E-state index in [-0.39, 0.29) is 11.9 Å². The lowest BCUT2D eigenvalue weighted by Crippen LogP contribution is -2.04. The molecule has 0 spiro atoms. The summed E-state index contributed by atoms with van der Waals surface area (Å²) >= 11 is 0. The van der Waals surface area contributed by atoms with Gasteiger partial charge < -0.3 is 9.68 Å². The quantitative estimate of drug-likeness (QED) is 0.342. The highest BCUT2D eigenvalue weighted by Crippen LogP contribution is 2.25. The number of benzene rings is 2. The van der Waals surface area contributed by atoms with Crippen LogP contribution in [-0.2, 0) is 0 Å². The molecule has 1 heterocycles. The normalized spacial score (nSPS) is 11.8. The third-order valence-electron chi connectivity index (χ3n) is 3.83. The molecule has 0 amide bonds. The van der Waals surface area contributed by atoms with Gasteiger partial charge >= 0.3 is 17.6 Å². The minimum atomic E-state index is -0.662. The molecule has 3 rings (SSSR count). The van der Waals surface area contributed by atoms with Gasteiger partial charge in [-0.3, -0.25) is 10.1 Å². The summed E-state index contributed by atoms with van der Waals surface area (Å²) in [5, 5.41) is 19.1. The molecule has 0 aliphatic heterocycles. The van der Waals surface area contributed by atoms with E-state index in [1.54, 1.807) is 13.8 Å². The monoisotopic (exact) mass is 391 g/mol. The summed E-state index contributed by atoms with van der Waals surface area (Å²) in [6, 6.07) is 18.4. The predicted octanol–water partition coefficient (Wildman–Crippen LogP) is 3.99. The largest absolute Gasteiger partial charge is 0.352 e. The average Bonchev–Trinajstić information content (AvgIpc) is 2.76. The third kappa shape index (κ3) is 5.19. The van der Waals surface area contributed by atoms with Gasteiger partial charge in [-0.15, -0.1) is 4.98 Å². The van der Waals surface area contributed by atoms with Crippen LogP contribution < -0.4 is 9.68 Å². The third-order valence-corrected chi connectivity index (χ3v) is 3.83. The predicted molar refractivity (Wildman–Crippen MR) is 107 cm³/mol. The second kappa shape index (κ2) is 9.18. The Hall–Kier alpha value is -4.14. The zero-order chi connectivity index (χ0) is 20.6. The fourth-order valence-corrected chi connectivity index (χ4v) is 2.27. The van der Waals surface area contributed by atoms with Crippen LogP contribution in [0.2, 0.25) is 0 Å². The first-order chi connectivity index (χ1) is 14.0. The van der Waals surface area contributed by atoms with Gasteiger partial charge in [0, 0.05) is 0 Å². The van der Waals surface area contributed by atoms with Crippen LogP contribution in [0.15, 0.2) is 77.2 Å². The number of nitrogens with zero attached hydrogens (tertiary/aromatic N) is 5. The van der Waals surface area contributed by atoms with Crippen LogP contribution in [0.5, 0.6) is 11.9 Å². The van der Waals surface area contributed by atoms with E-state index in [1.807, 2.05) is 60.7 Å². The van der Waals surface area contributed by atoms with E-state index in [2.05, 4.69) is 20.3 Å². The molecule has 3 aromatic rings. The highest BCUT2D eigenvalue weighted by molar-refractivity contribution is 5.98. The Balaban J connectivity index is 1.82. The van der Waals surface area contributed by atoms with E-state index in [0.717, 1.165) is 17.3 Å². The molecule has 0 bridgehead atoms. The zero-order valence-corrected chi connectivity index (χ0v) is 15.7. The van der Waals surface area contributed by atoms with Crippen molar-refractivity contribution in [2.45, 2.75) is 13.8 Å². The number of nitro groups is 1. The van der Waals surface area contributed by atoms with Crippen LogP contribution in [-0.4, -0.2) is 26.3 Å². The van der Waals surface area contributed by atoms with E-state index < -0.39 is 10.6 Å². The van der Waals surface area contributed by atoms with Crippen molar-refractivity contribution in [2.24, 2.45) is 10.3 Å². The maximum atomic E-state index is 11.2. The van der Waals surface area contributed by atoms with Crippen molar-refractivity contribution in [3.8, 4) is 11.9 Å². The number of aromatic nitrogens is 2. The molecule has 0 aliphatic carbocycles. The van der Waals surface area contributed by atoms with Gasteiger partial charge in [-0.05, 0) is 25.0 Å². The smallest absolute Gasteiger partial charge is 0.328 e. The van der Waals surface area contributed by atoms with Crippen LogP contribution in [0.1, 0.15) is 25.0 Å². The van der Waals surface area contributed by atoms with Gasteiger partial charge in [-0.25, -0.2) is 0 Å². The Morgan fingerprint density at radius 1 is 0.897 bits per heavy atom. The Bertz CT molecular complexity index is 1050. The van der Waals surface area contributed by atoms with E-state index in [4.69, 9.17) is 9.68 Å². The minimum Gasteiger partial charge on any atom is -0.328 e. The molecule has 0 unspecified atom stereocenters. The summed E-state index contributed by atoms with van der Waals surface area (Å²) in [6.45, 7) is 3.47. The summed E-state index contributed by atoms with van der Waals surface area (Å²) < 4.78 is 0. The molecular weight excluding hydrogens is 374 g/mol. The lowest BCUT2D eigenvalue weighted by molar-refractivity contribution is -0.386. The standard InChI is InChI=1S/C20H17N5O4/c1-14(16-9-5-3-6-10-16)23-28-19-18(25(26)27)13-21-20(22-19)29-24-15(2)17-11-7-4-8-12-17/h3-13H,1-2H3/b23-14-,24-15-. The van der Waals surface area contributed by atoms with Crippen LogP contribution in [0.4, 0.5) is 5.69 Å². The fraction of sp³-hybridized carbons (Fsp3) is 0.100. The van der Waals surface area contributed by atoms with Crippen molar-refractivity contribution < 1.29 is 14.6 Å². The van der Waals surface area contributed by atoms with Gasteiger partial charge in [0.15, 0.2) is 0 Å². The minimum absolute atomic E-state index is 0.201. The van der Waals surface area contributed by atoms with Crippen molar-refractivity contribution in [2.75, 3.05) is 0 Å². The van der Waals surface area contributed by atoms with Crippen molar-refractivity contribution in [1.29, 1.82) is 0 Å². The lowest BCUT2D eigenvalue weighted by atomic mass is 10.1. The summed E-state index contributed by atoms with van der Waals surface area (Å²) in [6.07, 6.45) is 0.985. The SMILES string of the molecule is C/C(=N/Oc1ncc([N+](=O)[O-])c(O/N=C(/C)c2ccccc2)n1)c1ccccc1. The summed E-state index contributed by atoms with van der Waals surface area (Å²) in [4.78, 5) is 28.7. The molecule has 9 heteroatoms. The highest BCUT2D eigenvalue weighted by Gasteiger charge is 2.20. The molecule has 0 radical (unpaired) electrons. The molecular formula is C20H17N5O4. The first-order valence-electron chi connectivity index (χ1n) is 8.60. The second-order valence-corrected chi connectivity index (χ2v) is 5.87. The molecule has 29 heavy (non-hydrogen) atoms. The van der Waals surface area contributed by atoms with E-state index in [9.17, 15) is 10.1 Å². The molecule has 9 nitrogen and oxygen atoms in total. The average molecular weight is 391 g/mol. The van der Waals surface area contributed by atoms with E-state index >= 15 is 0 Å². The van der Waals surface area contributed by atoms with Gasteiger partial charge in [0.2, 0.25) is 0 Å². The summed E-state index contributed by atoms with van der Waals surface area (Å²) in [7, 11) is 0. The topological polar surface area (TPSA) is 112 Å². The molecule has 146 valence electrons. The van der Waals surface area contributed by atoms with Crippen molar-refractivity contribution >= 4 is 17.1 Å². The van der Waals surface area contributed by atoms with Gasteiger partial charge in [0.1, 0.15) is 6.20 Å². The molecule has 0 fully saturated rings. The zero-order valence-electron chi connectivity index (χ0n) is 15.7. The van der Waals surface area contributed by atoms with E-state index in [0.29, 0.717) is 11.4 Å². The number of hydrogen-bond donors (Lipinski definition) is 0. The summed E-state index contributed by atoms with van der Waals surface area (Å²) in [5.74, 6) is -0.345. The molecule has 0 saturated carbocycles. The number of oxime groups is 2. The van der Waals surface area contributed by atoms with Crippen LogP contribution in [0, 0.1) is 10.1 Å². The van der Waals surface area contributed by atoms with Crippen LogP contribution in [0.25, 0.3) is 0 Å². The molecule has 0 N–H and O–H groups in total. The van der Waals surface area contributed by atoms with Gasteiger partial charge in [-0.2, -0.15) is 4.98 Å². The van der Waals surface area contributed by atoms with E-state index in [1.165, 1.54) is 0 Å². The molecule has 0 aliphatic rings. The van der Waals surface area contributed by atoms with Gasteiger partial charge in [0.25, 0.3) is 0 Å². The number of hydrogen-bond acceptors (Lipinski definition) is 8. The Morgan fingerprint density at radius 2 is 1.41 bits per heavy atom. The molecule has 0 atom stereocenters. The maximum Gasteiger partial charge on any atom is 0.352 e. The first-order valence-corrected chi connectivity index (χ1v) is 8.60. The van der Waals surface area contributed by atoms with Crippen LogP contribution >= 0.6 is 0 Å². The molecule has 0 saturated heterocycles. The maximum absolute atomic E-state index is 11.2. The number of rotatable bonds is 7. The van der Waals surface area contributed by atoms with Crippen LogP contribution in [0.3, 0.4) is 0 Å². The van der Waals surface area contributed by atoms with Crippen molar-refractivity contribution in [1.82, 2.24) is 9.97 Å². The molecule has 2 aromatic carbocycles. The van der Waals surface area contributed by atoms with Crippen molar-refractivity contribution in [3.05, 3.63) is 88.1 Å². The van der Waals surface area contributed by atoms with Crippen molar-refractivity contribution in [3.63, 3.8) is 0 Å². The summed E-state index contributed by atoms with van der Waals surface area (Å²) in [5.41, 5.74) is 2.34. The Morgan fingerprint density at radius 3 is 1.93 bits per heavy atom. The van der Waals surface area contributed by atoms with Gasteiger partial charge in [0.05, 0.1) is 16.3 Å². The Kier molecular flexibility index (Phi) is 6.21. The lowest BCUT2D eigenvalue weighted by Gasteiger charge is -2.04.